The number of ether oxygens (including phenoxy) is 2. The minimum absolute atomic E-state index is 0.0177. The van der Waals surface area contributed by atoms with Crippen LogP contribution in [0, 0.1) is 11.3 Å². The molecule has 2 N–H and O–H groups in total. The number of piperidine rings is 1. The van der Waals surface area contributed by atoms with E-state index < -0.39 is 11.7 Å². The van der Waals surface area contributed by atoms with Crippen molar-refractivity contribution < 1.29 is 19.1 Å². The van der Waals surface area contributed by atoms with Crippen molar-refractivity contribution in [2.24, 2.45) is 0 Å². The number of anilines is 3. The van der Waals surface area contributed by atoms with Gasteiger partial charge in [-0.2, -0.15) is 5.26 Å². The number of nitrogens with one attached hydrogen (secondary N) is 2. The molecule has 2 saturated heterocycles. The molecule has 1 atom stereocenters. The zero-order valence-electron chi connectivity index (χ0n) is 21.6. The predicted octanol–water partition coefficient (Wildman–Crippen LogP) is 3.66. The van der Waals surface area contributed by atoms with Gasteiger partial charge in [-0.1, -0.05) is 0 Å². The molecule has 196 valence electrons. The highest BCUT2D eigenvalue weighted by Crippen LogP contribution is 2.27. The molecular formula is C27H34N6O4. The largest absolute Gasteiger partial charge is 0.444 e. The van der Waals surface area contributed by atoms with Gasteiger partial charge in [0.25, 0.3) is 5.91 Å². The Morgan fingerprint density at radius 1 is 1.16 bits per heavy atom. The van der Waals surface area contributed by atoms with Crippen LogP contribution in [0.5, 0.6) is 0 Å². The Balaban J connectivity index is 1.43. The van der Waals surface area contributed by atoms with E-state index in [0.29, 0.717) is 44.1 Å². The minimum Gasteiger partial charge on any atom is -0.444 e. The monoisotopic (exact) mass is 506 g/mol. The molecule has 0 aliphatic carbocycles. The van der Waals surface area contributed by atoms with Crippen molar-refractivity contribution >= 4 is 29.1 Å². The van der Waals surface area contributed by atoms with Gasteiger partial charge in [0.05, 0.1) is 30.8 Å². The number of carbonyl (C=O) groups excluding carboxylic acids is 2. The molecule has 3 heterocycles. The van der Waals surface area contributed by atoms with Crippen molar-refractivity contribution in [2.75, 3.05) is 49.6 Å². The maximum atomic E-state index is 12.7. The van der Waals surface area contributed by atoms with Crippen molar-refractivity contribution in [1.82, 2.24) is 15.2 Å². The Morgan fingerprint density at radius 2 is 1.89 bits per heavy atom. The van der Waals surface area contributed by atoms with E-state index in [1.807, 2.05) is 39.0 Å². The van der Waals surface area contributed by atoms with Gasteiger partial charge in [-0.3, -0.25) is 4.79 Å². The van der Waals surface area contributed by atoms with Crippen LogP contribution >= 0.6 is 0 Å². The van der Waals surface area contributed by atoms with Crippen LogP contribution in [0.15, 0.2) is 36.5 Å². The lowest BCUT2D eigenvalue weighted by atomic mass is 10.1. The van der Waals surface area contributed by atoms with Crippen LogP contribution in [0.2, 0.25) is 0 Å². The molecule has 0 radical (unpaired) electrons. The first kappa shape index (κ1) is 26.2. The number of rotatable bonds is 5. The lowest BCUT2D eigenvalue weighted by Gasteiger charge is -2.35. The zero-order chi connectivity index (χ0) is 26.4. The normalized spacial score (nSPS) is 18.1. The van der Waals surface area contributed by atoms with E-state index in [2.05, 4.69) is 26.6 Å². The van der Waals surface area contributed by atoms with E-state index in [1.54, 1.807) is 23.2 Å². The van der Waals surface area contributed by atoms with Crippen molar-refractivity contribution in [3.05, 3.63) is 47.8 Å². The summed E-state index contributed by atoms with van der Waals surface area (Å²) in [5, 5.41) is 15.8. The molecule has 4 rings (SSSR count). The molecule has 0 saturated carbocycles. The first-order chi connectivity index (χ1) is 17.7. The molecule has 0 bridgehead atoms. The number of benzene rings is 1. The van der Waals surface area contributed by atoms with E-state index in [-0.39, 0.29) is 17.6 Å². The summed E-state index contributed by atoms with van der Waals surface area (Å²) < 4.78 is 10.7. The quantitative estimate of drug-likeness (QED) is 0.631. The summed E-state index contributed by atoms with van der Waals surface area (Å²) in [5.74, 6) is -0.0177. The highest BCUT2D eigenvalue weighted by molar-refractivity contribution is 5.94. The number of carbonyl (C=O) groups is 2. The summed E-state index contributed by atoms with van der Waals surface area (Å²) in [6.45, 7) is 9.25. The second kappa shape index (κ2) is 11.5. The lowest BCUT2D eigenvalue weighted by molar-refractivity contribution is 0.0303. The Hall–Kier alpha value is -3.84. The Labute approximate surface area is 217 Å². The van der Waals surface area contributed by atoms with Crippen molar-refractivity contribution in [3.63, 3.8) is 0 Å². The number of aromatic nitrogens is 1. The number of hydrogen-bond donors (Lipinski definition) is 2. The molecule has 1 aromatic heterocycles. The summed E-state index contributed by atoms with van der Waals surface area (Å²) >= 11 is 0. The smallest absolute Gasteiger partial charge is 0.407 e. The van der Waals surface area contributed by atoms with E-state index in [9.17, 15) is 14.9 Å². The van der Waals surface area contributed by atoms with Gasteiger partial charge < -0.3 is 29.9 Å². The standard InChI is InChI=1S/C27H34N6O4/c1-27(2,3)37-26(35)31-21-5-4-10-33(18-21)22-15-23(24(16-28)29-17-22)30-20-8-6-19(7-9-20)25(34)32-11-13-36-14-12-32/h6-9,15,17,21,30H,4-5,10-14,18H2,1-3H3,(H,31,35). The molecule has 2 aliphatic heterocycles. The third-order valence-corrected chi connectivity index (χ3v) is 6.20. The fourth-order valence-corrected chi connectivity index (χ4v) is 4.42. The first-order valence-electron chi connectivity index (χ1n) is 12.6. The topological polar surface area (TPSA) is 120 Å². The van der Waals surface area contributed by atoms with E-state index in [1.165, 1.54) is 0 Å². The second-order valence-electron chi connectivity index (χ2n) is 10.2. The van der Waals surface area contributed by atoms with Crippen LogP contribution in [0.1, 0.15) is 49.7 Å². The number of nitriles is 1. The Bertz CT molecular complexity index is 1150. The number of alkyl carbamates (subject to hydrolysis) is 1. The lowest BCUT2D eigenvalue weighted by Crippen LogP contribution is -2.49. The van der Waals surface area contributed by atoms with Gasteiger partial charge in [-0.05, 0) is 63.9 Å². The third kappa shape index (κ3) is 7.11. The maximum absolute atomic E-state index is 12.7. The molecule has 10 heteroatoms. The van der Waals surface area contributed by atoms with Gasteiger partial charge >= 0.3 is 6.09 Å². The van der Waals surface area contributed by atoms with Gasteiger partial charge in [0.1, 0.15) is 11.7 Å². The zero-order valence-corrected chi connectivity index (χ0v) is 21.6. The minimum atomic E-state index is -0.552. The van der Waals surface area contributed by atoms with Crippen LogP contribution < -0.4 is 15.5 Å². The average Bonchev–Trinajstić information content (AvgIpc) is 2.88. The van der Waals surface area contributed by atoms with Crippen molar-refractivity contribution in [3.8, 4) is 6.07 Å². The highest BCUT2D eigenvalue weighted by Gasteiger charge is 2.25. The van der Waals surface area contributed by atoms with Gasteiger partial charge in [-0.25, -0.2) is 9.78 Å². The van der Waals surface area contributed by atoms with Crippen LogP contribution in [0.3, 0.4) is 0 Å². The summed E-state index contributed by atoms with van der Waals surface area (Å²) in [6.07, 6.45) is 3.03. The average molecular weight is 507 g/mol. The van der Waals surface area contributed by atoms with Crippen LogP contribution in [0.25, 0.3) is 0 Å². The summed E-state index contributed by atoms with van der Waals surface area (Å²) in [6, 6.07) is 11.2. The van der Waals surface area contributed by atoms with Gasteiger partial charge in [0, 0.05) is 43.5 Å². The molecule has 1 unspecified atom stereocenters. The van der Waals surface area contributed by atoms with E-state index in [4.69, 9.17) is 9.47 Å². The van der Waals surface area contributed by atoms with Crippen molar-refractivity contribution in [2.45, 2.75) is 45.3 Å². The summed E-state index contributed by atoms with van der Waals surface area (Å²) in [5.41, 5.74) is 2.52. The number of pyridine rings is 1. The molecule has 2 aromatic rings. The van der Waals surface area contributed by atoms with Crippen LogP contribution in [-0.2, 0) is 9.47 Å². The summed E-state index contributed by atoms with van der Waals surface area (Å²) in [4.78, 5) is 33.2. The van der Waals surface area contributed by atoms with Crippen LogP contribution in [0.4, 0.5) is 21.9 Å². The molecule has 10 nitrogen and oxygen atoms in total. The third-order valence-electron chi connectivity index (χ3n) is 6.20. The fraction of sp³-hybridized carbons (Fsp3) is 0.481. The van der Waals surface area contributed by atoms with Crippen molar-refractivity contribution in [1.29, 1.82) is 5.26 Å². The Kier molecular flexibility index (Phi) is 8.14. The first-order valence-corrected chi connectivity index (χ1v) is 12.6. The predicted molar refractivity (Wildman–Crippen MR) is 140 cm³/mol. The number of nitrogens with zero attached hydrogens (tertiary/aromatic N) is 4. The van der Waals surface area contributed by atoms with Gasteiger partial charge in [-0.15, -0.1) is 0 Å². The second-order valence-corrected chi connectivity index (χ2v) is 10.2. The van der Waals surface area contributed by atoms with Gasteiger partial charge in [0.2, 0.25) is 0 Å². The molecular weight excluding hydrogens is 472 g/mol. The molecule has 2 aliphatic rings. The maximum Gasteiger partial charge on any atom is 0.407 e. The number of hydrogen-bond acceptors (Lipinski definition) is 8. The number of morpholine rings is 1. The van der Waals surface area contributed by atoms with E-state index >= 15 is 0 Å². The molecule has 2 amide bonds. The van der Waals surface area contributed by atoms with E-state index in [0.717, 1.165) is 30.8 Å². The van der Waals surface area contributed by atoms with Crippen LogP contribution in [-0.4, -0.2) is 72.9 Å². The molecule has 37 heavy (non-hydrogen) atoms. The Morgan fingerprint density at radius 3 is 2.57 bits per heavy atom. The van der Waals surface area contributed by atoms with Gasteiger partial charge in [0.15, 0.2) is 5.69 Å². The molecule has 0 spiro atoms. The SMILES string of the molecule is CC(C)(C)OC(=O)NC1CCCN(c2cnc(C#N)c(Nc3ccc(C(=O)N4CCOCC4)cc3)c2)C1. The molecule has 1 aromatic carbocycles. The number of amides is 2. The highest BCUT2D eigenvalue weighted by atomic mass is 16.6. The summed E-state index contributed by atoms with van der Waals surface area (Å²) in [7, 11) is 0. The molecule has 2 fully saturated rings. The fourth-order valence-electron chi connectivity index (χ4n) is 4.42.